The molecule has 0 saturated heterocycles. The highest BCUT2D eigenvalue weighted by molar-refractivity contribution is 5.86. The van der Waals surface area contributed by atoms with Crippen LogP contribution in [0.15, 0.2) is 42.7 Å². The van der Waals surface area contributed by atoms with E-state index in [0.29, 0.717) is 19.4 Å². The van der Waals surface area contributed by atoms with Crippen LogP contribution in [0.1, 0.15) is 28.8 Å². The first kappa shape index (κ1) is 17.9. The van der Waals surface area contributed by atoms with Crippen molar-refractivity contribution in [2.24, 2.45) is 5.92 Å². The van der Waals surface area contributed by atoms with E-state index in [1.165, 1.54) is 12.4 Å². The Labute approximate surface area is 150 Å². The molecule has 0 bridgehead atoms. The zero-order valence-electron chi connectivity index (χ0n) is 14.1. The monoisotopic (exact) mass is 359 g/mol. The molecule has 0 radical (unpaired) electrons. The first-order valence-electron chi connectivity index (χ1n) is 8.42. The Morgan fingerprint density at radius 1 is 1.27 bits per heavy atom. The van der Waals surface area contributed by atoms with E-state index in [0.717, 1.165) is 5.56 Å². The Morgan fingerprint density at radius 3 is 2.73 bits per heavy atom. The second kappa shape index (κ2) is 8.01. The van der Waals surface area contributed by atoms with E-state index in [4.69, 9.17) is 9.84 Å². The summed E-state index contributed by atoms with van der Waals surface area (Å²) in [5.41, 5.74) is 1.02. The number of amides is 1. The standard InChI is InChI=1S/C18H21N3O5/c22-16-7-13(9-21-10-14(8-19-21)17(23)24)6-15(16)20-18(25)26-11-12-4-2-1-3-5-12/h1-5,8,10,13,15-16,22H,6-7,9,11H2,(H,20,25)(H,23,24)/t13?,15-,16-/m1/s1. The van der Waals surface area contributed by atoms with Crippen LogP contribution in [0.5, 0.6) is 0 Å². The van der Waals surface area contributed by atoms with Crippen molar-refractivity contribution < 1.29 is 24.5 Å². The van der Waals surface area contributed by atoms with E-state index < -0.39 is 24.2 Å². The summed E-state index contributed by atoms with van der Waals surface area (Å²) in [6, 6.07) is 8.96. The molecule has 8 heteroatoms. The first-order valence-corrected chi connectivity index (χ1v) is 8.42. The van der Waals surface area contributed by atoms with E-state index in [2.05, 4.69) is 10.4 Å². The normalized spacial score (nSPS) is 22.1. The van der Waals surface area contributed by atoms with Gasteiger partial charge in [0.05, 0.1) is 23.9 Å². The molecule has 3 N–H and O–H groups in total. The van der Waals surface area contributed by atoms with Crippen LogP contribution in [-0.2, 0) is 17.9 Å². The summed E-state index contributed by atoms with van der Waals surface area (Å²) in [6.45, 7) is 0.658. The van der Waals surface area contributed by atoms with Crippen LogP contribution < -0.4 is 5.32 Å². The fraction of sp³-hybridized carbons (Fsp3) is 0.389. The van der Waals surface area contributed by atoms with Crippen LogP contribution in [0, 0.1) is 5.92 Å². The molecule has 1 aromatic carbocycles. The number of aliphatic hydroxyl groups excluding tert-OH is 1. The highest BCUT2D eigenvalue weighted by Gasteiger charge is 2.34. The third-order valence-electron chi connectivity index (χ3n) is 4.47. The Kier molecular flexibility index (Phi) is 5.52. The van der Waals surface area contributed by atoms with Crippen molar-refractivity contribution in [1.82, 2.24) is 15.1 Å². The number of aromatic carboxylic acids is 1. The van der Waals surface area contributed by atoms with Gasteiger partial charge in [-0.1, -0.05) is 30.3 Å². The van der Waals surface area contributed by atoms with Gasteiger partial charge in [-0.25, -0.2) is 9.59 Å². The number of carboxylic acid groups (broad SMARTS) is 1. The molecule has 0 spiro atoms. The SMILES string of the molecule is O=C(N[C@@H]1CC(Cn2cc(C(=O)O)cn2)C[C@H]1O)OCc1ccccc1. The number of carbonyl (C=O) groups is 2. The molecule has 8 nitrogen and oxygen atoms in total. The smallest absolute Gasteiger partial charge is 0.407 e. The number of carboxylic acids is 1. The zero-order valence-corrected chi connectivity index (χ0v) is 14.1. The third kappa shape index (κ3) is 4.60. The zero-order chi connectivity index (χ0) is 18.5. The van der Waals surface area contributed by atoms with Crippen LogP contribution in [0.4, 0.5) is 4.79 Å². The molecule has 1 saturated carbocycles. The lowest BCUT2D eigenvalue weighted by Gasteiger charge is -2.16. The maximum Gasteiger partial charge on any atom is 0.407 e. The van der Waals surface area contributed by atoms with Gasteiger partial charge in [0.2, 0.25) is 0 Å². The van der Waals surface area contributed by atoms with Gasteiger partial charge in [0, 0.05) is 12.7 Å². The molecule has 1 heterocycles. The summed E-state index contributed by atoms with van der Waals surface area (Å²) in [6.07, 6.45) is 2.61. The summed E-state index contributed by atoms with van der Waals surface area (Å²) in [7, 11) is 0. The number of aromatic nitrogens is 2. The molecule has 1 fully saturated rings. The number of nitrogens with zero attached hydrogens (tertiary/aromatic N) is 2. The van der Waals surface area contributed by atoms with Gasteiger partial charge >= 0.3 is 12.1 Å². The largest absolute Gasteiger partial charge is 0.478 e. The lowest BCUT2D eigenvalue weighted by molar-refractivity contribution is 0.0696. The topological polar surface area (TPSA) is 114 Å². The van der Waals surface area contributed by atoms with Crippen LogP contribution in [0.2, 0.25) is 0 Å². The van der Waals surface area contributed by atoms with Gasteiger partial charge in [-0.3, -0.25) is 4.68 Å². The van der Waals surface area contributed by atoms with Gasteiger partial charge in [0.25, 0.3) is 0 Å². The van der Waals surface area contributed by atoms with Crippen LogP contribution in [0.3, 0.4) is 0 Å². The maximum atomic E-state index is 11.9. The minimum atomic E-state index is -1.02. The lowest BCUT2D eigenvalue weighted by atomic mass is 10.1. The van der Waals surface area contributed by atoms with Crippen LogP contribution in [-0.4, -0.2) is 44.2 Å². The maximum absolute atomic E-state index is 11.9. The van der Waals surface area contributed by atoms with Crippen LogP contribution >= 0.6 is 0 Å². The highest BCUT2D eigenvalue weighted by atomic mass is 16.5. The van der Waals surface area contributed by atoms with E-state index >= 15 is 0 Å². The highest BCUT2D eigenvalue weighted by Crippen LogP contribution is 2.27. The summed E-state index contributed by atoms with van der Waals surface area (Å²) >= 11 is 0. The van der Waals surface area contributed by atoms with Gasteiger partial charge in [0.15, 0.2) is 0 Å². The number of hydrogen-bond donors (Lipinski definition) is 3. The van der Waals surface area contributed by atoms with E-state index in [9.17, 15) is 14.7 Å². The summed E-state index contributed by atoms with van der Waals surface area (Å²) in [5, 5.41) is 25.8. The molecule has 1 aliphatic rings. The average Bonchev–Trinajstić information content (AvgIpc) is 3.21. The summed E-state index contributed by atoms with van der Waals surface area (Å²) in [5.74, 6) is -0.936. The number of hydrogen-bond acceptors (Lipinski definition) is 5. The van der Waals surface area contributed by atoms with Crippen molar-refractivity contribution in [2.45, 2.75) is 38.1 Å². The number of rotatable bonds is 6. The van der Waals surface area contributed by atoms with E-state index in [1.54, 1.807) is 4.68 Å². The van der Waals surface area contributed by atoms with Gasteiger partial charge in [-0.05, 0) is 24.3 Å². The minimum Gasteiger partial charge on any atom is -0.478 e. The van der Waals surface area contributed by atoms with Crippen molar-refractivity contribution in [3.8, 4) is 0 Å². The number of nitrogens with one attached hydrogen (secondary N) is 1. The molecule has 1 unspecified atom stereocenters. The van der Waals surface area contributed by atoms with Crippen molar-refractivity contribution in [2.75, 3.05) is 0 Å². The molecular formula is C18H21N3O5. The molecular weight excluding hydrogens is 338 g/mol. The Balaban J connectivity index is 1.47. The third-order valence-corrected chi connectivity index (χ3v) is 4.47. The average molecular weight is 359 g/mol. The first-order chi connectivity index (χ1) is 12.5. The molecule has 2 aromatic rings. The van der Waals surface area contributed by atoms with Gasteiger partial charge < -0.3 is 20.3 Å². The van der Waals surface area contributed by atoms with Gasteiger partial charge in [-0.15, -0.1) is 0 Å². The Bertz CT molecular complexity index is 761. The predicted octanol–water partition coefficient (Wildman–Crippen LogP) is 1.65. The quantitative estimate of drug-likeness (QED) is 0.723. The van der Waals surface area contributed by atoms with Gasteiger partial charge in [0.1, 0.15) is 6.61 Å². The Morgan fingerprint density at radius 2 is 2.04 bits per heavy atom. The number of alkyl carbamates (subject to hydrolysis) is 1. The molecule has 26 heavy (non-hydrogen) atoms. The summed E-state index contributed by atoms with van der Waals surface area (Å²) < 4.78 is 6.73. The second-order valence-electron chi connectivity index (χ2n) is 6.47. The Hall–Kier alpha value is -2.87. The summed E-state index contributed by atoms with van der Waals surface area (Å²) in [4.78, 5) is 22.8. The number of carbonyl (C=O) groups excluding carboxylic acids is 1. The molecule has 1 amide bonds. The van der Waals surface area contributed by atoms with Crippen LogP contribution in [0.25, 0.3) is 0 Å². The molecule has 138 valence electrons. The van der Waals surface area contributed by atoms with Crippen molar-refractivity contribution in [3.63, 3.8) is 0 Å². The molecule has 1 aliphatic carbocycles. The van der Waals surface area contributed by atoms with Gasteiger partial charge in [-0.2, -0.15) is 5.10 Å². The number of ether oxygens (including phenoxy) is 1. The molecule has 3 atom stereocenters. The van der Waals surface area contributed by atoms with E-state index in [-0.39, 0.29) is 18.1 Å². The fourth-order valence-corrected chi connectivity index (χ4v) is 3.18. The molecule has 0 aliphatic heterocycles. The fourth-order valence-electron chi connectivity index (χ4n) is 3.18. The second-order valence-corrected chi connectivity index (χ2v) is 6.47. The molecule has 1 aromatic heterocycles. The molecule has 3 rings (SSSR count). The van der Waals surface area contributed by atoms with Crippen molar-refractivity contribution in [1.29, 1.82) is 0 Å². The number of aliphatic hydroxyl groups is 1. The predicted molar refractivity (Wildman–Crippen MR) is 91.5 cm³/mol. The lowest BCUT2D eigenvalue weighted by Crippen LogP contribution is -2.40. The van der Waals surface area contributed by atoms with Crippen molar-refractivity contribution >= 4 is 12.1 Å². The van der Waals surface area contributed by atoms with Crippen molar-refractivity contribution in [3.05, 3.63) is 53.9 Å². The number of benzene rings is 1. The van der Waals surface area contributed by atoms with E-state index in [1.807, 2.05) is 30.3 Å². The minimum absolute atomic E-state index is 0.0889.